The molecule has 0 aliphatic carbocycles. The summed E-state index contributed by atoms with van der Waals surface area (Å²) in [5.41, 5.74) is 3.73. The summed E-state index contributed by atoms with van der Waals surface area (Å²) in [4.78, 5) is 16.1. The highest BCUT2D eigenvalue weighted by atomic mass is 32.2. The average molecular weight is 393 g/mol. The molecule has 0 bridgehead atoms. The molecular formula is C20H19N5O2S. The van der Waals surface area contributed by atoms with Crippen molar-refractivity contribution >= 4 is 28.4 Å². The number of aromatic nitrogens is 5. The molecule has 0 amide bonds. The van der Waals surface area contributed by atoms with Crippen molar-refractivity contribution in [3.8, 4) is 11.4 Å². The predicted octanol–water partition coefficient (Wildman–Crippen LogP) is 3.69. The number of aromatic amines is 1. The lowest BCUT2D eigenvalue weighted by molar-refractivity contribution is 0.102. The number of fused-ring (bicyclic) bond motifs is 1. The van der Waals surface area contributed by atoms with E-state index in [-0.39, 0.29) is 11.5 Å². The molecule has 142 valence electrons. The Morgan fingerprint density at radius 3 is 2.79 bits per heavy atom. The van der Waals surface area contributed by atoms with Crippen molar-refractivity contribution in [2.75, 3.05) is 12.9 Å². The number of rotatable bonds is 7. The first-order valence-corrected chi connectivity index (χ1v) is 9.87. The van der Waals surface area contributed by atoms with E-state index >= 15 is 0 Å². The number of hydrogen-bond acceptors (Lipinski definition) is 6. The Morgan fingerprint density at radius 1 is 1.21 bits per heavy atom. The maximum absolute atomic E-state index is 12.8. The van der Waals surface area contributed by atoms with Gasteiger partial charge in [0.05, 0.1) is 18.6 Å². The number of nitrogens with one attached hydrogen (secondary N) is 1. The molecule has 2 aromatic carbocycles. The number of ketones is 1. The Morgan fingerprint density at radius 2 is 2.04 bits per heavy atom. The fourth-order valence-electron chi connectivity index (χ4n) is 3.10. The summed E-state index contributed by atoms with van der Waals surface area (Å²) in [6, 6.07) is 13.5. The number of hydrogen-bond donors (Lipinski definition) is 1. The quantitative estimate of drug-likeness (QED) is 0.381. The van der Waals surface area contributed by atoms with Gasteiger partial charge in [0, 0.05) is 22.7 Å². The number of nitrogens with zero attached hydrogens (tertiary/aromatic N) is 4. The molecule has 0 saturated heterocycles. The minimum absolute atomic E-state index is 0.0359. The van der Waals surface area contributed by atoms with Crippen molar-refractivity contribution in [3.63, 3.8) is 0 Å². The minimum atomic E-state index is 0.0359. The largest absolute Gasteiger partial charge is 0.497 e. The van der Waals surface area contributed by atoms with Gasteiger partial charge in [0.25, 0.3) is 0 Å². The number of carbonyl (C=O) groups excluding carboxylic acids is 1. The van der Waals surface area contributed by atoms with Crippen LogP contribution in [0.4, 0.5) is 0 Å². The van der Waals surface area contributed by atoms with Gasteiger partial charge >= 0.3 is 0 Å². The van der Waals surface area contributed by atoms with E-state index in [1.807, 2.05) is 36.4 Å². The van der Waals surface area contributed by atoms with E-state index in [1.54, 1.807) is 18.0 Å². The van der Waals surface area contributed by atoms with Crippen molar-refractivity contribution < 1.29 is 9.53 Å². The average Bonchev–Trinajstić information content (AvgIpc) is 3.39. The van der Waals surface area contributed by atoms with Crippen molar-refractivity contribution in [1.82, 2.24) is 25.2 Å². The highest BCUT2D eigenvalue weighted by Gasteiger charge is 2.16. The van der Waals surface area contributed by atoms with Gasteiger partial charge in [-0.3, -0.25) is 4.79 Å². The molecule has 2 aromatic heterocycles. The van der Waals surface area contributed by atoms with Crippen LogP contribution in [-0.2, 0) is 6.42 Å². The molecule has 2 heterocycles. The normalized spacial score (nSPS) is 11.1. The van der Waals surface area contributed by atoms with E-state index in [0.717, 1.165) is 28.8 Å². The molecule has 8 heteroatoms. The molecule has 0 saturated carbocycles. The van der Waals surface area contributed by atoms with Crippen LogP contribution in [0.25, 0.3) is 16.6 Å². The fraction of sp³-hybridized carbons (Fsp3) is 0.200. The van der Waals surface area contributed by atoms with E-state index in [2.05, 4.69) is 33.5 Å². The Balaban J connectivity index is 1.53. The molecule has 0 aliphatic heterocycles. The maximum atomic E-state index is 12.8. The standard InChI is InChI=1S/C20H19N5O2S/c1-3-13-5-4-6-16-17(11-21-19(13)16)18(26)12-28-20-22-23-24-25(20)14-7-9-15(27-2)10-8-14/h4-11,21H,3,12H2,1-2H3. The topological polar surface area (TPSA) is 85.7 Å². The number of aryl methyl sites for hydroxylation is 1. The van der Waals surface area contributed by atoms with Crippen LogP contribution in [0.15, 0.2) is 53.8 Å². The number of Topliss-reactive ketones (excluding diaryl/α,β-unsaturated/α-hetero) is 1. The number of thioether (sulfide) groups is 1. The first kappa shape index (κ1) is 18.2. The highest BCUT2D eigenvalue weighted by molar-refractivity contribution is 7.99. The second-order valence-electron chi connectivity index (χ2n) is 6.18. The van der Waals surface area contributed by atoms with Crippen LogP contribution in [0.5, 0.6) is 5.75 Å². The van der Waals surface area contributed by atoms with E-state index in [0.29, 0.717) is 10.7 Å². The van der Waals surface area contributed by atoms with E-state index < -0.39 is 0 Å². The number of benzene rings is 2. The third-order valence-corrected chi connectivity index (χ3v) is 5.49. The zero-order chi connectivity index (χ0) is 19.5. The molecular weight excluding hydrogens is 374 g/mol. The van der Waals surface area contributed by atoms with Crippen LogP contribution in [0.2, 0.25) is 0 Å². The van der Waals surface area contributed by atoms with Crippen LogP contribution in [0.3, 0.4) is 0 Å². The van der Waals surface area contributed by atoms with Gasteiger partial charge in [0.1, 0.15) is 5.75 Å². The van der Waals surface area contributed by atoms with Gasteiger partial charge in [0.2, 0.25) is 5.16 Å². The van der Waals surface area contributed by atoms with Crippen molar-refractivity contribution in [2.24, 2.45) is 0 Å². The maximum Gasteiger partial charge on any atom is 0.214 e. The number of tetrazole rings is 1. The second kappa shape index (κ2) is 7.85. The molecule has 0 spiro atoms. The summed E-state index contributed by atoms with van der Waals surface area (Å²) in [5, 5.41) is 13.4. The lowest BCUT2D eigenvalue weighted by Crippen LogP contribution is -2.04. The summed E-state index contributed by atoms with van der Waals surface area (Å²) >= 11 is 1.32. The zero-order valence-electron chi connectivity index (χ0n) is 15.5. The van der Waals surface area contributed by atoms with Crippen LogP contribution in [0.1, 0.15) is 22.8 Å². The first-order valence-electron chi connectivity index (χ1n) is 8.89. The Hall–Kier alpha value is -3.13. The molecule has 1 N–H and O–H groups in total. The van der Waals surface area contributed by atoms with Gasteiger partial charge in [-0.25, -0.2) is 0 Å². The van der Waals surface area contributed by atoms with Crippen molar-refractivity contribution in [3.05, 3.63) is 59.8 Å². The lowest BCUT2D eigenvalue weighted by atomic mass is 10.1. The number of ether oxygens (including phenoxy) is 1. The summed E-state index contributed by atoms with van der Waals surface area (Å²) < 4.78 is 6.79. The Labute approximate surface area is 166 Å². The molecule has 0 unspecified atom stereocenters. The molecule has 0 atom stereocenters. The number of carbonyl (C=O) groups is 1. The molecule has 4 rings (SSSR count). The zero-order valence-corrected chi connectivity index (χ0v) is 16.4. The molecule has 7 nitrogen and oxygen atoms in total. The van der Waals surface area contributed by atoms with E-state index in [4.69, 9.17) is 4.74 Å². The fourth-order valence-corrected chi connectivity index (χ4v) is 3.88. The summed E-state index contributed by atoms with van der Waals surface area (Å²) in [6.45, 7) is 2.10. The Kier molecular flexibility index (Phi) is 5.12. The minimum Gasteiger partial charge on any atom is -0.497 e. The second-order valence-corrected chi connectivity index (χ2v) is 7.12. The predicted molar refractivity (Wildman–Crippen MR) is 108 cm³/mol. The third-order valence-electron chi connectivity index (χ3n) is 4.57. The van der Waals surface area contributed by atoms with Gasteiger partial charge in [-0.2, -0.15) is 4.68 Å². The summed E-state index contributed by atoms with van der Waals surface area (Å²) in [5.74, 6) is 1.04. The first-order chi connectivity index (χ1) is 13.7. The summed E-state index contributed by atoms with van der Waals surface area (Å²) in [6.07, 6.45) is 2.70. The van der Waals surface area contributed by atoms with Crippen LogP contribution < -0.4 is 4.74 Å². The Bertz CT molecular complexity index is 1120. The molecule has 0 fully saturated rings. The van der Waals surface area contributed by atoms with Gasteiger partial charge in [0.15, 0.2) is 5.78 Å². The van der Waals surface area contributed by atoms with Gasteiger partial charge in [-0.1, -0.05) is 36.9 Å². The highest BCUT2D eigenvalue weighted by Crippen LogP contribution is 2.25. The van der Waals surface area contributed by atoms with Gasteiger partial charge in [-0.15, -0.1) is 5.10 Å². The summed E-state index contributed by atoms with van der Waals surface area (Å²) in [7, 11) is 1.62. The lowest BCUT2D eigenvalue weighted by Gasteiger charge is -2.05. The van der Waals surface area contributed by atoms with Crippen LogP contribution >= 0.6 is 11.8 Å². The molecule has 28 heavy (non-hydrogen) atoms. The third kappa shape index (κ3) is 3.38. The number of methoxy groups -OCH3 is 1. The number of H-pyrrole nitrogens is 1. The molecule has 4 aromatic rings. The van der Waals surface area contributed by atoms with Gasteiger partial charge < -0.3 is 9.72 Å². The van der Waals surface area contributed by atoms with E-state index in [1.165, 1.54) is 17.3 Å². The van der Waals surface area contributed by atoms with Gasteiger partial charge in [-0.05, 0) is 46.7 Å². The monoisotopic (exact) mass is 393 g/mol. The number of para-hydroxylation sites is 1. The van der Waals surface area contributed by atoms with Crippen LogP contribution in [-0.4, -0.2) is 43.8 Å². The van der Waals surface area contributed by atoms with Crippen LogP contribution in [0, 0.1) is 0 Å². The van der Waals surface area contributed by atoms with Crippen molar-refractivity contribution in [1.29, 1.82) is 0 Å². The SMILES string of the molecule is CCc1cccc2c(C(=O)CSc3nnnn3-c3ccc(OC)cc3)c[nH]c12. The van der Waals surface area contributed by atoms with E-state index in [9.17, 15) is 4.79 Å². The van der Waals surface area contributed by atoms with Crippen molar-refractivity contribution in [2.45, 2.75) is 18.5 Å². The smallest absolute Gasteiger partial charge is 0.214 e. The molecule has 0 aliphatic rings. The molecule has 0 radical (unpaired) electrons.